The first-order valence-corrected chi connectivity index (χ1v) is 4.29. The van der Waals surface area contributed by atoms with Crippen LogP contribution in [0.4, 0.5) is 14.5 Å². The predicted molar refractivity (Wildman–Crippen MR) is 48.3 cm³/mol. The minimum atomic E-state index is -3.07. The summed E-state index contributed by atoms with van der Waals surface area (Å²) in [4.78, 5) is 12.9. The third-order valence-corrected chi connectivity index (χ3v) is 2.19. The molecule has 15 heavy (non-hydrogen) atoms. The first-order valence-electron chi connectivity index (χ1n) is 3.50. The van der Waals surface area contributed by atoms with E-state index in [9.17, 15) is 18.9 Å². The summed E-state index contributed by atoms with van der Waals surface area (Å²) in [5, 5.41) is 19.0. The molecule has 0 fully saturated rings. The molecule has 1 aromatic rings. The highest BCUT2D eigenvalue weighted by Gasteiger charge is 2.29. The molecule has 0 aromatic carbocycles. The first kappa shape index (κ1) is 11.5. The molecular weight excluding hydrogens is 276 g/mol. The molecule has 78 valence electrons. The predicted octanol–water partition coefficient (Wildman–Crippen LogP) is 2.56. The Bertz CT molecular complexity index is 458. The van der Waals surface area contributed by atoms with Crippen LogP contribution in [0, 0.1) is 21.4 Å². The summed E-state index contributed by atoms with van der Waals surface area (Å²) in [6.45, 7) is 0. The molecule has 5 nitrogen and oxygen atoms in total. The van der Waals surface area contributed by atoms with Crippen LogP contribution < -0.4 is 0 Å². The smallest absolute Gasteiger partial charge is 0.258 e. The summed E-state index contributed by atoms with van der Waals surface area (Å²) in [6.07, 6.45) is -2.20. The average Bonchev–Trinajstić information content (AvgIpc) is 2.16. The van der Waals surface area contributed by atoms with Crippen LogP contribution in [0.1, 0.15) is 17.6 Å². The summed E-state index contributed by atoms with van der Waals surface area (Å²) < 4.78 is 24.6. The molecule has 0 atom stereocenters. The van der Waals surface area contributed by atoms with E-state index < -0.39 is 28.2 Å². The fraction of sp³-hybridized carbons (Fsp3) is 0.143. The second kappa shape index (κ2) is 4.27. The van der Waals surface area contributed by atoms with Crippen LogP contribution >= 0.6 is 15.9 Å². The molecule has 0 unspecified atom stereocenters. The number of pyridine rings is 1. The molecule has 0 saturated heterocycles. The highest BCUT2D eigenvalue weighted by Crippen LogP contribution is 2.35. The van der Waals surface area contributed by atoms with E-state index in [1.165, 1.54) is 6.07 Å². The Morgan fingerprint density at radius 2 is 2.27 bits per heavy atom. The van der Waals surface area contributed by atoms with Crippen molar-refractivity contribution in [1.82, 2.24) is 4.98 Å². The second-order valence-corrected chi connectivity index (χ2v) is 3.15. The van der Waals surface area contributed by atoms with Crippen molar-refractivity contribution in [3.8, 4) is 6.07 Å². The Hall–Kier alpha value is -1.62. The number of hydrogen-bond acceptors (Lipinski definition) is 4. The molecule has 0 radical (unpaired) electrons. The SMILES string of the molecule is N#Cc1cnc(Br)c(C(F)F)c1[N+](=O)[O-]. The molecule has 1 heterocycles. The van der Waals surface area contributed by atoms with Crippen molar-refractivity contribution in [2.75, 3.05) is 0 Å². The van der Waals surface area contributed by atoms with Gasteiger partial charge >= 0.3 is 0 Å². The highest BCUT2D eigenvalue weighted by molar-refractivity contribution is 9.10. The van der Waals surface area contributed by atoms with Crippen molar-refractivity contribution >= 4 is 21.6 Å². The van der Waals surface area contributed by atoms with Crippen LogP contribution in [0.25, 0.3) is 0 Å². The van der Waals surface area contributed by atoms with Crippen molar-refractivity contribution in [2.24, 2.45) is 0 Å². The molecular formula is C7H2BrF2N3O2. The number of halogens is 3. The minimum Gasteiger partial charge on any atom is -0.258 e. The summed E-state index contributed by atoms with van der Waals surface area (Å²) >= 11 is 2.67. The lowest BCUT2D eigenvalue weighted by molar-refractivity contribution is -0.386. The number of alkyl halides is 2. The zero-order valence-corrected chi connectivity index (χ0v) is 8.53. The second-order valence-electron chi connectivity index (χ2n) is 2.39. The zero-order valence-electron chi connectivity index (χ0n) is 6.95. The van der Waals surface area contributed by atoms with E-state index >= 15 is 0 Å². The number of hydrogen-bond donors (Lipinski definition) is 0. The van der Waals surface area contributed by atoms with Crippen molar-refractivity contribution in [3.63, 3.8) is 0 Å². The Morgan fingerprint density at radius 3 is 2.67 bits per heavy atom. The highest BCUT2D eigenvalue weighted by atomic mass is 79.9. The molecule has 0 bridgehead atoms. The topological polar surface area (TPSA) is 79.8 Å². The summed E-state index contributed by atoms with van der Waals surface area (Å²) in [7, 11) is 0. The van der Waals surface area contributed by atoms with Gasteiger partial charge in [0.2, 0.25) is 0 Å². The van der Waals surface area contributed by atoms with Crippen molar-refractivity contribution < 1.29 is 13.7 Å². The van der Waals surface area contributed by atoms with E-state index in [0.29, 0.717) is 0 Å². The van der Waals surface area contributed by atoms with Crippen molar-refractivity contribution in [2.45, 2.75) is 6.43 Å². The molecule has 0 amide bonds. The number of rotatable bonds is 2. The van der Waals surface area contributed by atoms with Gasteiger partial charge in [0, 0.05) is 0 Å². The third-order valence-electron chi connectivity index (χ3n) is 1.56. The van der Waals surface area contributed by atoms with Crippen LogP contribution in [0.3, 0.4) is 0 Å². The van der Waals surface area contributed by atoms with Crippen LogP contribution in [-0.2, 0) is 0 Å². The van der Waals surface area contributed by atoms with Gasteiger partial charge in [-0.3, -0.25) is 10.1 Å². The van der Waals surface area contributed by atoms with Crippen molar-refractivity contribution in [1.29, 1.82) is 5.26 Å². The van der Waals surface area contributed by atoms with E-state index in [1.807, 2.05) is 0 Å². The van der Waals surface area contributed by atoms with Gasteiger partial charge in [0.15, 0.2) is 0 Å². The lowest BCUT2D eigenvalue weighted by Crippen LogP contribution is -2.02. The van der Waals surface area contributed by atoms with Gasteiger partial charge in [-0.2, -0.15) is 5.26 Å². The Labute approximate surface area is 90.6 Å². The maximum absolute atomic E-state index is 12.5. The number of nitrogens with zero attached hydrogens (tertiary/aromatic N) is 3. The van der Waals surface area contributed by atoms with Gasteiger partial charge in [-0.25, -0.2) is 13.8 Å². The standard InChI is InChI=1S/C7H2BrF2N3O2/c8-6-4(7(9)10)5(13(14)15)3(1-11)2-12-6/h2,7H. The lowest BCUT2D eigenvalue weighted by atomic mass is 10.1. The molecule has 8 heteroatoms. The summed E-state index contributed by atoms with van der Waals surface area (Å²) in [5.74, 6) is 0. The maximum atomic E-state index is 12.5. The number of nitriles is 1. The molecule has 1 aromatic heterocycles. The van der Waals surface area contributed by atoms with Gasteiger partial charge in [0.1, 0.15) is 21.8 Å². The fourth-order valence-corrected chi connectivity index (χ4v) is 1.43. The minimum absolute atomic E-state index is 0.330. The molecule has 0 spiro atoms. The molecule has 1 rings (SSSR count). The van der Waals surface area contributed by atoms with Gasteiger partial charge in [0.25, 0.3) is 12.1 Å². The van der Waals surface area contributed by atoms with Gasteiger partial charge in [-0.15, -0.1) is 0 Å². The average molecular weight is 278 g/mol. The Balaban J connectivity index is 3.60. The number of nitro groups is 1. The van der Waals surface area contributed by atoms with E-state index in [1.54, 1.807) is 0 Å². The summed E-state index contributed by atoms with van der Waals surface area (Å²) in [6, 6.07) is 1.44. The largest absolute Gasteiger partial charge is 0.300 e. The van der Waals surface area contributed by atoms with Crippen molar-refractivity contribution in [3.05, 3.63) is 32.0 Å². The maximum Gasteiger partial charge on any atom is 0.300 e. The van der Waals surface area contributed by atoms with Crippen LogP contribution in [-0.4, -0.2) is 9.91 Å². The third kappa shape index (κ3) is 2.07. The van der Waals surface area contributed by atoms with Gasteiger partial charge in [-0.1, -0.05) is 0 Å². The molecule has 0 saturated carbocycles. The molecule has 0 aliphatic heterocycles. The van der Waals surface area contributed by atoms with Gasteiger partial charge in [-0.05, 0) is 15.9 Å². The van der Waals surface area contributed by atoms with Crippen LogP contribution in [0.15, 0.2) is 10.8 Å². The zero-order chi connectivity index (χ0) is 11.6. The Morgan fingerprint density at radius 1 is 1.67 bits per heavy atom. The van der Waals surface area contributed by atoms with Gasteiger partial charge < -0.3 is 0 Å². The quantitative estimate of drug-likeness (QED) is 0.473. The lowest BCUT2D eigenvalue weighted by Gasteiger charge is -2.04. The molecule has 0 aliphatic carbocycles. The normalized spacial score (nSPS) is 10.1. The number of aromatic nitrogens is 1. The van der Waals surface area contributed by atoms with E-state index in [4.69, 9.17) is 5.26 Å². The van der Waals surface area contributed by atoms with Crippen LogP contribution in [0.5, 0.6) is 0 Å². The van der Waals surface area contributed by atoms with E-state index in [-0.39, 0.29) is 4.60 Å². The fourth-order valence-electron chi connectivity index (χ4n) is 0.967. The summed E-state index contributed by atoms with van der Waals surface area (Å²) in [5.41, 5.74) is -2.27. The monoisotopic (exact) mass is 277 g/mol. The molecule has 0 N–H and O–H groups in total. The first-order chi connectivity index (χ1) is 6.99. The van der Waals surface area contributed by atoms with Crippen LogP contribution in [0.2, 0.25) is 0 Å². The Kier molecular flexibility index (Phi) is 3.26. The van der Waals surface area contributed by atoms with E-state index in [2.05, 4.69) is 20.9 Å². The van der Waals surface area contributed by atoms with Gasteiger partial charge in [0.05, 0.1) is 11.1 Å². The van der Waals surface area contributed by atoms with E-state index in [0.717, 1.165) is 6.20 Å². The molecule has 0 aliphatic rings.